The van der Waals surface area contributed by atoms with Gasteiger partial charge in [0.25, 0.3) is 10.0 Å². The first-order chi connectivity index (χ1) is 20.6. The molecule has 1 unspecified atom stereocenters. The van der Waals surface area contributed by atoms with E-state index in [9.17, 15) is 18.0 Å². The van der Waals surface area contributed by atoms with E-state index in [0.29, 0.717) is 30.3 Å². The van der Waals surface area contributed by atoms with E-state index in [-0.39, 0.29) is 17.3 Å². The van der Waals surface area contributed by atoms with Gasteiger partial charge in [0.1, 0.15) is 24.1 Å². The first-order valence-electron chi connectivity index (χ1n) is 14.2. The second kappa shape index (κ2) is 16.2. The summed E-state index contributed by atoms with van der Waals surface area (Å²) in [6.07, 6.45) is 3.63. The van der Waals surface area contributed by atoms with E-state index < -0.39 is 28.5 Å². The highest BCUT2D eigenvalue weighted by atomic mass is 32.2. The zero-order valence-electron chi connectivity index (χ0n) is 25.4. The van der Waals surface area contributed by atoms with Gasteiger partial charge in [0.2, 0.25) is 11.8 Å². The number of carbonyl (C=O) groups excluding carboxylic acids is 2. The van der Waals surface area contributed by atoms with Gasteiger partial charge in [0.15, 0.2) is 0 Å². The van der Waals surface area contributed by atoms with Crippen LogP contribution < -0.4 is 19.1 Å². The lowest BCUT2D eigenvalue weighted by Gasteiger charge is -2.32. The van der Waals surface area contributed by atoms with Crippen LogP contribution in [0.2, 0.25) is 0 Å². The summed E-state index contributed by atoms with van der Waals surface area (Å²) in [5.41, 5.74) is 1.04. The Balaban J connectivity index is 2.02. The number of amides is 2. The molecule has 3 aromatic carbocycles. The van der Waals surface area contributed by atoms with Crippen molar-refractivity contribution < 1.29 is 27.5 Å². The van der Waals surface area contributed by atoms with E-state index >= 15 is 0 Å². The van der Waals surface area contributed by atoms with Crippen molar-refractivity contribution in [2.45, 2.75) is 56.0 Å². The van der Waals surface area contributed by atoms with Crippen LogP contribution in [-0.4, -0.2) is 64.2 Å². The van der Waals surface area contributed by atoms with Gasteiger partial charge >= 0.3 is 0 Å². The normalized spacial score (nSPS) is 11.8. The Labute approximate surface area is 259 Å². The van der Waals surface area contributed by atoms with Crippen molar-refractivity contribution in [1.29, 1.82) is 0 Å². The maximum absolute atomic E-state index is 14.1. The number of nitrogens with one attached hydrogen (secondary N) is 1. The Bertz CT molecular complexity index is 1450. The van der Waals surface area contributed by atoms with Gasteiger partial charge in [-0.05, 0) is 92.8 Å². The molecule has 0 bridgehead atoms. The van der Waals surface area contributed by atoms with Crippen molar-refractivity contribution in [3.8, 4) is 11.5 Å². The SMILES string of the molecule is CCCCNC(=O)C(C)N(Cc1cccc(OC)c1)C(=O)CN(c1ccc(OCC)cc1)S(=O)(=O)c1ccc(SC)cc1. The number of hydrogen-bond donors (Lipinski definition) is 1. The van der Waals surface area contributed by atoms with Gasteiger partial charge < -0.3 is 19.7 Å². The fourth-order valence-corrected chi connectivity index (χ4v) is 6.19. The van der Waals surface area contributed by atoms with Crippen LogP contribution in [0.1, 0.15) is 39.2 Å². The first kappa shape index (κ1) is 33.8. The molecule has 0 aliphatic heterocycles. The third-order valence-electron chi connectivity index (χ3n) is 6.85. The van der Waals surface area contributed by atoms with Crippen LogP contribution in [-0.2, 0) is 26.2 Å². The molecular weight excluding hydrogens is 587 g/mol. The number of carbonyl (C=O) groups is 2. The average Bonchev–Trinajstić information content (AvgIpc) is 3.02. The molecule has 1 N–H and O–H groups in total. The lowest BCUT2D eigenvalue weighted by molar-refractivity contribution is -0.139. The monoisotopic (exact) mass is 627 g/mol. The van der Waals surface area contributed by atoms with Crippen LogP contribution in [0, 0.1) is 0 Å². The third kappa shape index (κ3) is 9.14. The standard InChI is InChI=1S/C32H41N3O6S2/c1-6-8-20-33-32(37)24(3)34(22-25-10-9-11-28(21-25)40-4)31(36)23-35(26-12-14-27(15-13-26)41-7-2)43(38,39)30-18-16-29(42-5)17-19-30/h9-19,21,24H,6-8,20,22-23H2,1-5H3,(H,33,37). The van der Waals surface area contributed by atoms with E-state index in [1.807, 2.05) is 26.2 Å². The summed E-state index contributed by atoms with van der Waals surface area (Å²) in [6.45, 7) is 6.04. The van der Waals surface area contributed by atoms with Crippen molar-refractivity contribution in [2.24, 2.45) is 0 Å². The molecule has 3 rings (SSSR count). The molecule has 0 radical (unpaired) electrons. The smallest absolute Gasteiger partial charge is 0.264 e. The summed E-state index contributed by atoms with van der Waals surface area (Å²) in [5, 5.41) is 2.89. The zero-order valence-corrected chi connectivity index (χ0v) is 27.0. The lowest BCUT2D eigenvalue weighted by atomic mass is 10.1. The van der Waals surface area contributed by atoms with Crippen LogP contribution >= 0.6 is 11.8 Å². The fraction of sp³-hybridized carbons (Fsp3) is 0.375. The van der Waals surface area contributed by atoms with Crippen molar-refractivity contribution in [3.05, 3.63) is 78.4 Å². The van der Waals surface area contributed by atoms with Crippen LogP contribution in [0.15, 0.2) is 82.6 Å². The molecule has 0 fully saturated rings. The lowest BCUT2D eigenvalue weighted by Crippen LogP contribution is -2.51. The highest BCUT2D eigenvalue weighted by molar-refractivity contribution is 7.98. The molecule has 0 saturated heterocycles. The maximum atomic E-state index is 14.1. The van der Waals surface area contributed by atoms with E-state index in [1.54, 1.807) is 68.6 Å². The molecule has 232 valence electrons. The van der Waals surface area contributed by atoms with E-state index in [4.69, 9.17) is 9.47 Å². The highest BCUT2D eigenvalue weighted by Crippen LogP contribution is 2.28. The van der Waals surface area contributed by atoms with E-state index in [2.05, 4.69) is 5.32 Å². The van der Waals surface area contributed by atoms with E-state index in [0.717, 1.165) is 27.6 Å². The quantitative estimate of drug-likeness (QED) is 0.169. The molecule has 2 amide bonds. The Hall–Kier alpha value is -3.70. The molecule has 0 aliphatic carbocycles. The molecule has 1 atom stereocenters. The highest BCUT2D eigenvalue weighted by Gasteiger charge is 2.32. The van der Waals surface area contributed by atoms with Gasteiger partial charge in [-0.15, -0.1) is 11.8 Å². The predicted molar refractivity (Wildman–Crippen MR) is 171 cm³/mol. The molecule has 0 saturated carbocycles. The molecule has 0 aliphatic rings. The van der Waals surface area contributed by atoms with Crippen LogP contribution in [0.3, 0.4) is 0 Å². The number of nitrogens with zero attached hydrogens (tertiary/aromatic N) is 2. The predicted octanol–water partition coefficient (Wildman–Crippen LogP) is 5.34. The number of thioether (sulfide) groups is 1. The molecule has 11 heteroatoms. The van der Waals surface area contributed by atoms with Crippen molar-refractivity contribution in [2.75, 3.05) is 37.4 Å². The fourth-order valence-electron chi connectivity index (χ4n) is 4.37. The number of rotatable bonds is 16. The topological polar surface area (TPSA) is 105 Å². The average molecular weight is 628 g/mol. The van der Waals surface area contributed by atoms with Crippen molar-refractivity contribution in [3.63, 3.8) is 0 Å². The molecule has 0 heterocycles. The molecule has 0 aromatic heterocycles. The third-order valence-corrected chi connectivity index (χ3v) is 9.38. The summed E-state index contributed by atoms with van der Waals surface area (Å²) in [5.74, 6) is 0.348. The Morgan fingerprint density at radius 3 is 2.28 bits per heavy atom. The van der Waals surface area contributed by atoms with Gasteiger partial charge in [0.05, 0.1) is 24.3 Å². The van der Waals surface area contributed by atoms with Crippen LogP contribution in [0.5, 0.6) is 11.5 Å². The summed E-state index contributed by atoms with van der Waals surface area (Å²) < 4.78 is 40.1. The van der Waals surface area contributed by atoms with Gasteiger partial charge in [-0.3, -0.25) is 13.9 Å². The minimum atomic E-state index is -4.16. The van der Waals surface area contributed by atoms with Gasteiger partial charge in [0, 0.05) is 18.0 Å². The number of methoxy groups -OCH3 is 1. The summed E-state index contributed by atoms with van der Waals surface area (Å²) in [7, 11) is -2.61. The number of benzene rings is 3. The second-order valence-corrected chi connectivity index (χ2v) is 12.5. The van der Waals surface area contributed by atoms with E-state index in [1.165, 1.54) is 28.8 Å². The molecular formula is C32H41N3O6S2. The summed E-state index contributed by atoms with van der Waals surface area (Å²) >= 11 is 1.50. The Kier molecular flexibility index (Phi) is 12.8. The largest absolute Gasteiger partial charge is 0.497 e. The minimum Gasteiger partial charge on any atom is -0.497 e. The first-order valence-corrected chi connectivity index (χ1v) is 16.9. The minimum absolute atomic E-state index is 0.0525. The van der Waals surface area contributed by atoms with Gasteiger partial charge in [-0.25, -0.2) is 8.42 Å². The number of anilines is 1. The van der Waals surface area contributed by atoms with Crippen molar-refractivity contribution >= 4 is 39.3 Å². The Morgan fingerprint density at radius 2 is 1.67 bits per heavy atom. The number of ether oxygens (including phenoxy) is 2. The molecule has 43 heavy (non-hydrogen) atoms. The van der Waals surface area contributed by atoms with Crippen LogP contribution in [0.4, 0.5) is 5.69 Å². The summed E-state index contributed by atoms with van der Waals surface area (Å²) in [6, 6.07) is 19.4. The van der Waals surface area contributed by atoms with Crippen molar-refractivity contribution in [1.82, 2.24) is 10.2 Å². The number of unbranched alkanes of at least 4 members (excludes halogenated alkanes) is 1. The van der Waals surface area contributed by atoms with Crippen LogP contribution in [0.25, 0.3) is 0 Å². The van der Waals surface area contributed by atoms with Gasteiger partial charge in [-0.1, -0.05) is 25.5 Å². The molecule has 9 nitrogen and oxygen atoms in total. The Morgan fingerprint density at radius 1 is 0.977 bits per heavy atom. The van der Waals surface area contributed by atoms with Gasteiger partial charge in [-0.2, -0.15) is 0 Å². The number of sulfonamides is 1. The number of hydrogen-bond acceptors (Lipinski definition) is 7. The maximum Gasteiger partial charge on any atom is 0.264 e. The molecule has 0 spiro atoms. The summed E-state index contributed by atoms with van der Waals surface area (Å²) in [4.78, 5) is 29.6. The zero-order chi connectivity index (χ0) is 31.4. The second-order valence-electron chi connectivity index (χ2n) is 9.81. The molecule has 3 aromatic rings.